The molecule has 0 saturated carbocycles. The summed E-state index contributed by atoms with van der Waals surface area (Å²) in [5, 5.41) is 3.08. The Labute approximate surface area is 86.0 Å². The molecule has 1 aliphatic rings. The molecule has 0 aromatic carbocycles. The van der Waals surface area contributed by atoms with Gasteiger partial charge in [-0.2, -0.15) is 0 Å². The molecule has 1 rings (SSSR count). The van der Waals surface area contributed by atoms with Crippen molar-refractivity contribution in [2.45, 2.75) is 32.7 Å². The Morgan fingerprint density at radius 1 is 1.54 bits per heavy atom. The zero-order valence-electron chi connectivity index (χ0n) is 8.63. The van der Waals surface area contributed by atoms with Gasteiger partial charge in [-0.05, 0) is 27.2 Å². The quantitative estimate of drug-likeness (QED) is 0.682. The fraction of sp³-hybridized carbons (Fsp3) is 0.700. The van der Waals surface area contributed by atoms with Gasteiger partial charge in [-0.15, -0.1) is 0 Å². The first-order valence-electron chi connectivity index (χ1n) is 4.68. The SMILES string of the molecule is CC(C)(C)N1CC=C(NC=S)CC1. The fourth-order valence-electron chi connectivity index (χ4n) is 1.49. The summed E-state index contributed by atoms with van der Waals surface area (Å²) in [5.41, 5.74) is 3.12. The van der Waals surface area contributed by atoms with Crippen LogP contribution in [0.4, 0.5) is 0 Å². The van der Waals surface area contributed by atoms with Crippen LogP contribution in [0.25, 0.3) is 0 Å². The van der Waals surface area contributed by atoms with Gasteiger partial charge in [-0.3, -0.25) is 4.90 Å². The van der Waals surface area contributed by atoms with Crippen LogP contribution in [0.1, 0.15) is 27.2 Å². The zero-order chi connectivity index (χ0) is 9.90. The lowest BCUT2D eigenvalue weighted by Gasteiger charge is -2.37. The van der Waals surface area contributed by atoms with E-state index in [9.17, 15) is 0 Å². The van der Waals surface area contributed by atoms with Crippen molar-refractivity contribution in [3.63, 3.8) is 0 Å². The van der Waals surface area contributed by atoms with Gasteiger partial charge in [0.1, 0.15) is 0 Å². The summed E-state index contributed by atoms with van der Waals surface area (Å²) in [5.74, 6) is 0. The van der Waals surface area contributed by atoms with Gasteiger partial charge < -0.3 is 5.32 Å². The van der Waals surface area contributed by atoms with Crippen molar-refractivity contribution in [3.05, 3.63) is 11.8 Å². The van der Waals surface area contributed by atoms with Crippen LogP contribution in [0.5, 0.6) is 0 Å². The summed E-state index contributed by atoms with van der Waals surface area (Å²) < 4.78 is 0. The summed E-state index contributed by atoms with van der Waals surface area (Å²) in [6, 6.07) is 0. The highest BCUT2D eigenvalue weighted by Crippen LogP contribution is 2.18. The average molecular weight is 198 g/mol. The molecule has 13 heavy (non-hydrogen) atoms. The van der Waals surface area contributed by atoms with Crippen LogP contribution in [-0.2, 0) is 0 Å². The van der Waals surface area contributed by atoms with Crippen LogP contribution in [0, 0.1) is 0 Å². The molecule has 0 aliphatic carbocycles. The lowest BCUT2D eigenvalue weighted by atomic mass is 10.0. The molecule has 2 nitrogen and oxygen atoms in total. The van der Waals surface area contributed by atoms with Gasteiger partial charge in [0, 0.05) is 24.3 Å². The summed E-state index contributed by atoms with van der Waals surface area (Å²) in [4.78, 5) is 2.46. The number of nitrogens with zero attached hydrogens (tertiary/aromatic N) is 1. The molecule has 0 aromatic heterocycles. The fourth-order valence-corrected chi connectivity index (χ4v) is 1.64. The Kier molecular flexibility index (Phi) is 3.45. The number of hydrogen-bond acceptors (Lipinski definition) is 2. The largest absolute Gasteiger partial charge is 0.356 e. The standard InChI is InChI=1S/C10H18N2S/c1-10(2,3)12-6-4-9(5-7-12)11-8-13/h4,8H,5-7H2,1-3H3,(H,11,13). The molecule has 1 aliphatic heterocycles. The van der Waals surface area contributed by atoms with E-state index < -0.39 is 0 Å². The number of hydrogen-bond donors (Lipinski definition) is 1. The molecule has 74 valence electrons. The second-order valence-corrected chi connectivity index (χ2v) is 4.59. The van der Waals surface area contributed by atoms with Crippen molar-refractivity contribution < 1.29 is 0 Å². The minimum atomic E-state index is 0.277. The van der Waals surface area contributed by atoms with E-state index in [4.69, 9.17) is 12.2 Å². The van der Waals surface area contributed by atoms with Crippen molar-refractivity contribution in [3.8, 4) is 0 Å². The molecule has 0 unspecified atom stereocenters. The summed E-state index contributed by atoms with van der Waals surface area (Å²) in [6.45, 7) is 8.88. The second kappa shape index (κ2) is 4.20. The third-order valence-electron chi connectivity index (χ3n) is 2.40. The predicted octanol–water partition coefficient (Wildman–Crippen LogP) is 1.92. The van der Waals surface area contributed by atoms with Gasteiger partial charge in [-0.25, -0.2) is 0 Å². The van der Waals surface area contributed by atoms with Crippen molar-refractivity contribution in [1.82, 2.24) is 10.2 Å². The highest BCUT2D eigenvalue weighted by molar-refractivity contribution is 7.78. The van der Waals surface area contributed by atoms with Crippen molar-refractivity contribution in [2.75, 3.05) is 13.1 Å². The minimum Gasteiger partial charge on any atom is -0.356 e. The highest BCUT2D eigenvalue weighted by Gasteiger charge is 2.22. The summed E-state index contributed by atoms with van der Waals surface area (Å²) in [6.07, 6.45) is 3.29. The average Bonchev–Trinajstić information content (AvgIpc) is 2.04. The molecule has 0 bridgehead atoms. The third-order valence-corrected chi connectivity index (χ3v) is 2.52. The minimum absolute atomic E-state index is 0.277. The normalized spacial score (nSPS) is 19.5. The molecule has 3 heteroatoms. The lowest BCUT2D eigenvalue weighted by Crippen LogP contribution is -2.44. The van der Waals surface area contributed by atoms with Crippen LogP contribution in [-0.4, -0.2) is 29.0 Å². The van der Waals surface area contributed by atoms with Crippen LogP contribution >= 0.6 is 12.2 Å². The van der Waals surface area contributed by atoms with E-state index in [1.165, 1.54) is 5.70 Å². The van der Waals surface area contributed by atoms with Gasteiger partial charge >= 0.3 is 0 Å². The Morgan fingerprint density at radius 2 is 2.23 bits per heavy atom. The summed E-state index contributed by atoms with van der Waals surface area (Å²) in [7, 11) is 0. The van der Waals surface area contributed by atoms with E-state index in [0.717, 1.165) is 19.5 Å². The Hall–Kier alpha value is -0.410. The van der Waals surface area contributed by atoms with E-state index >= 15 is 0 Å². The van der Waals surface area contributed by atoms with E-state index in [1.807, 2.05) is 0 Å². The molecule has 0 spiro atoms. The van der Waals surface area contributed by atoms with Gasteiger partial charge in [0.2, 0.25) is 0 Å². The highest BCUT2D eigenvalue weighted by atomic mass is 32.1. The first-order chi connectivity index (χ1) is 6.04. The maximum Gasteiger partial charge on any atom is 0.0656 e. The topological polar surface area (TPSA) is 15.3 Å². The molecule has 1 N–H and O–H groups in total. The monoisotopic (exact) mass is 198 g/mol. The lowest BCUT2D eigenvalue weighted by molar-refractivity contribution is 0.148. The first-order valence-corrected chi connectivity index (χ1v) is 5.15. The van der Waals surface area contributed by atoms with Crippen LogP contribution in [0.3, 0.4) is 0 Å². The number of thiocarbonyl (C=S) groups is 1. The van der Waals surface area contributed by atoms with E-state index in [1.54, 1.807) is 5.49 Å². The molecule has 0 saturated heterocycles. The van der Waals surface area contributed by atoms with Gasteiger partial charge in [0.25, 0.3) is 0 Å². The molecule has 0 atom stereocenters. The van der Waals surface area contributed by atoms with Gasteiger partial charge in [0.15, 0.2) is 0 Å². The molecular weight excluding hydrogens is 180 g/mol. The van der Waals surface area contributed by atoms with E-state index in [2.05, 4.69) is 37.1 Å². The molecule has 0 radical (unpaired) electrons. The van der Waals surface area contributed by atoms with E-state index in [-0.39, 0.29) is 5.54 Å². The molecule has 1 heterocycles. The zero-order valence-corrected chi connectivity index (χ0v) is 9.45. The van der Waals surface area contributed by atoms with Crippen molar-refractivity contribution in [2.24, 2.45) is 0 Å². The Balaban J connectivity index is 2.51. The number of nitrogens with one attached hydrogen (secondary N) is 1. The molecular formula is C10H18N2S. The van der Waals surface area contributed by atoms with Crippen LogP contribution in [0.15, 0.2) is 11.8 Å². The Bertz CT molecular complexity index is 215. The molecule has 0 fully saturated rings. The smallest absolute Gasteiger partial charge is 0.0656 e. The van der Waals surface area contributed by atoms with Crippen molar-refractivity contribution in [1.29, 1.82) is 0 Å². The van der Waals surface area contributed by atoms with Crippen LogP contribution in [0.2, 0.25) is 0 Å². The Morgan fingerprint density at radius 3 is 2.62 bits per heavy atom. The molecule has 0 aromatic rings. The van der Waals surface area contributed by atoms with Crippen LogP contribution < -0.4 is 5.32 Å². The van der Waals surface area contributed by atoms with Crippen molar-refractivity contribution >= 4 is 17.7 Å². The first kappa shape index (κ1) is 10.7. The van der Waals surface area contributed by atoms with E-state index in [0.29, 0.717) is 0 Å². The third kappa shape index (κ3) is 3.08. The van der Waals surface area contributed by atoms with Gasteiger partial charge in [0.05, 0.1) is 5.49 Å². The number of rotatable bonds is 2. The summed E-state index contributed by atoms with van der Waals surface area (Å²) >= 11 is 4.75. The maximum absolute atomic E-state index is 4.75. The maximum atomic E-state index is 4.75. The predicted molar refractivity (Wildman–Crippen MR) is 60.8 cm³/mol. The second-order valence-electron chi connectivity index (χ2n) is 4.36. The molecule has 0 amide bonds. The van der Waals surface area contributed by atoms with Gasteiger partial charge in [-0.1, -0.05) is 18.3 Å².